The molecule has 0 saturated heterocycles. The Morgan fingerprint density at radius 3 is 2.90 bits per heavy atom. The molecule has 0 aromatic carbocycles. The van der Waals surface area contributed by atoms with Crippen LogP contribution < -0.4 is 5.73 Å². The van der Waals surface area contributed by atoms with E-state index in [1.807, 2.05) is 13.0 Å². The van der Waals surface area contributed by atoms with Crippen molar-refractivity contribution >= 4 is 5.78 Å². The van der Waals surface area contributed by atoms with Crippen LogP contribution in [0.2, 0.25) is 0 Å². The highest BCUT2D eigenvalue weighted by molar-refractivity contribution is 5.99. The fraction of sp³-hybridized carbons (Fsp3) is 0.333. The van der Waals surface area contributed by atoms with Gasteiger partial charge in [-0.05, 0) is 18.1 Å². The van der Waals surface area contributed by atoms with E-state index < -0.39 is 5.92 Å². The average molecular weight is 270 g/mol. The third kappa shape index (κ3) is 1.81. The Morgan fingerprint density at radius 1 is 1.45 bits per heavy atom. The molecule has 0 radical (unpaired) electrons. The summed E-state index contributed by atoms with van der Waals surface area (Å²) in [5.74, 6) is 0.860. The molecule has 102 valence electrons. The number of carbonyl (C=O) groups excluding carboxylic acids is 1. The molecule has 2 unspecified atom stereocenters. The highest BCUT2D eigenvalue weighted by atomic mass is 16.5. The summed E-state index contributed by atoms with van der Waals surface area (Å²) >= 11 is 0. The first kappa shape index (κ1) is 12.5. The summed E-state index contributed by atoms with van der Waals surface area (Å²) < 4.78 is 10.9. The summed E-state index contributed by atoms with van der Waals surface area (Å²) in [5, 5.41) is 9.32. The van der Waals surface area contributed by atoms with E-state index in [0.717, 1.165) is 0 Å². The number of nitriles is 1. The zero-order valence-electron chi connectivity index (χ0n) is 11.1. The number of nitrogens with zero attached hydrogens (tertiary/aromatic N) is 1. The predicted octanol–water partition coefficient (Wildman–Crippen LogP) is 2.34. The molecule has 2 heterocycles. The smallest absolute Gasteiger partial charge is 0.205 e. The van der Waals surface area contributed by atoms with Crippen LogP contribution in [0.25, 0.3) is 0 Å². The summed E-state index contributed by atoms with van der Waals surface area (Å²) in [7, 11) is 0. The fourth-order valence-electron chi connectivity index (χ4n) is 2.83. The first-order chi connectivity index (χ1) is 9.61. The van der Waals surface area contributed by atoms with Gasteiger partial charge in [0, 0.05) is 18.4 Å². The van der Waals surface area contributed by atoms with E-state index in [9.17, 15) is 10.1 Å². The topological polar surface area (TPSA) is 89.2 Å². The van der Waals surface area contributed by atoms with Crippen molar-refractivity contribution in [1.82, 2.24) is 0 Å². The number of carbonyl (C=O) groups is 1. The molecule has 1 aromatic heterocycles. The Labute approximate surface area is 116 Å². The maximum Gasteiger partial charge on any atom is 0.205 e. The van der Waals surface area contributed by atoms with Gasteiger partial charge in [0.15, 0.2) is 5.78 Å². The van der Waals surface area contributed by atoms with E-state index in [1.54, 1.807) is 12.1 Å². The minimum absolute atomic E-state index is 0.000370. The average Bonchev–Trinajstić information content (AvgIpc) is 2.90. The van der Waals surface area contributed by atoms with Crippen molar-refractivity contribution in [2.24, 2.45) is 11.7 Å². The lowest BCUT2D eigenvalue weighted by Crippen LogP contribution is -2.29. The van der Waals surface area contributed by atoms with Crippen molar-refractivity contribution in [3.05, 3.63) is 46.9 Å². The van der Waals surface area contributed by atoms with E-state index in [0.29, 0.717) is 29.9 Å². The lowest BCUT2D eigenvalue weighted by atomic mass is 9.77. The number of hydrogen-bond donors (Lipinski definition) is 1. The molecule has 0 amide bonds. The maximum absolute atomic E-state index is 12.4. The van der Waals surface area contributed by atoms with Gasteiger partial charge in [0.25, 0.3) is 0 Å². The van der Waals surface area contributed by atoms with Gasteiger partial charge in [-0.15, -0.1) is 0 Å². The first-order valence-electron chi connectivity index (χ1n) is 6.49. The zero-order valence-corrected chi connectivity index (χ0v) is 11.1. The van der Waals surface area contributed by atoms with Crippen LogP contribution in [-0.4, -0.2) is 5.78 Å². The minimum atomic E-state index is -0.543. The van der Waals surface area contributed by atoms with Crippen LogP contribution in [0.4, 0.5) is 0 Å². The summed E-state index contributed by atoms with van der Waals surface area (Å²) in [6.07, 6.45) is 2.63. The Bertz CT molecular complexity index is 662. The molecule has 1 aliphatic carbocycles. The lowest BCUT2D eigenvalue weighted by molar-refractivity contribution is -0.117. The van der Waals surface area contributed by atoms with Crippen LogP contribution in [0.3, 0.4) is 0 Å². The van der Waals surface area contributed by atoms with Crippen LogP contribution in [0.1, 0.15) is 31.4 Å². The van der Waals surface area contributed by atoms with Crippen molar-refractivity contribution in [3.63, 3.8) is 0 Å². The third-order valence-electron chi connectivity index (χ3n) is 3.69. The number of hydrogen-bond acceptors (Lipinski definition) is 5. The van der Waals surface area contributed by atoms with Gasteiger partial charge < -0.3 is 14.9 Å². The monoisotopic (exact) mass is 270 g/mol. The maximum atomic E-state index is 12.4. The molecular weight excluding hydrogens is 256 g/mol. The van der Waals surface area contributed by atoms with Gasteiger partial charge in [0.05, 0.1) is 12.2 Å². The molecule has 20 heavy (non-hydrogen) atoms. The second-order valence-corrected chi connectivity index (χ2v) is 5.21. The van der Waals surface area contributed by atoms with Crippen molar-refractivity contribution in [2.45, 2.75) is 25.7 Å². The van der Waals surface area contributed by atoms with E-state index in [2.05, 4.69) is 0 Å². The van der Waals surface area contributed by atoms with Crippen LogP contribution in [0.5, 0.6) is 0 Å². The van der Waals surface area contributed by atoms with Crippen LogP contribution in [-0.2, 0) is 9.53 Å². The molecule has 2 atom stereocenters. The SMILES string of the molecule is CC1CC(=O)C2=C(C1)OC(N)=C(C#N)C2c1ccco1. The number of ketones is 1. The largest absolute Gasteiger partial charge is 0.468 e. The van der Waals surface area contributed by atoms with E-state index in [4.69, 9.17) is 14.9 Å². The molecule has 2 N–H and O–H groups in total. The molecule has 5 nitrogen and oxygen atoms in total. The van der Waals surface area contributed by atoms with E-state index in [1.165, 1.54) is 6.26 Å². The summed E-state index contributed by atoms with van der Waals surface area (Å²) in [6.45, 7) is 1.99. The molecule has 0 fully saturated rings. The number of rotatable bonds is 1. The highest BCUT2D eigenvalue weighted by Gasteiger charge is 2.40. The normalized spacial score (nSPS) is 26.1. The number of nitrogens with two attached hydrogens (primary N) is 1. The quantitative estimate of drug-likeness (QED) is 0.846. The van der Waals surface area contributed by atoms with Crippen molar-refractivity contribution in [3.8, 4) is 6.07 Å². The molecule has 1 aromatic rings. The van der Waals surface area contributed by atoms with Gasteiger partial charge in [-0.3, -0.25) is 4.79 Å². The van der Waals surface area contributed by atoms with Crippen LogP contribution >= 0.6 is 0 Å². The fourth-order valence-corrected chi connectivity index (χ4v) is 2.83. The van der Waals surface area contributed by atoms with Gasteiger partial charge in [-0.2, -0.15) is 5.26 Å². The van der Waals surface area contributed by atoms with Gasteiger partial charge in [0.2, 0.25) is 5.88 Å². The molecular formula is C15H14N2O3. The minimum Gasteiger partial charge on any atom is -0.468 e. The molecule has 0 spiro atoms. The lowest BCUT2D eigenvalue weighted by Gasteiger charge is -2.31. The molecule has 0 saturated carbocycles. The standard InChI is InChI=1S/C15H14N2O3/c1-8-5-10(18)14-12(6-8)20-15(17)9(7-16)13(14)11-3-2-4-19-11/h2-4,8,13H,5-6,17H2,1H3. The molecule has 5 heteroatoms. The van der Waals surface area contributed by atoms with Crippen LogP contribution in [0.15, 0.2) is 45.6 Å². The Balaban J connectivity index is 2.16. The van der Waals surface area contributed by atoms with Gasteiger partial charge in [-0.25, -0.2) is 0 Å². The van der Waals surface area contributed by atoms with E-state index >= 15 is 0 Å². The number of ether oxygens (including phenoxy) is 1. The summed E-state index contributed by atoms with van der Waals surface area (Å²) in [5.41, 5.74) is 6.59. The highest BCUT2D eigenvalue weighted by Crippen LogP contribution is 2.44. The molecule has 1 aliphatic heterocycles. The Hall–Kier alpha value is -2.48. The number of Topliss-reactive ketones (excluding diaryl/α,β-unsaturated/α-hetero) is 1. The Kier molecular flexibility index (Phi) is 2.87. The molecule has 2 aliphatic rings. The summed E-state index contributed by atoms with van der Waals surface area (Å²) in [4.78, 5) is 12.4. The van der Waals surface area contributed by atoms with Gasteiger partial charge in [-0.1, -0.05) is 6.92 Å². The van der Waals surface area contributed by atoms with Gasteiger partial charge >= 0.3 is 0 Å². The third-order valence-corrected chi connectivity index (χ3v) is 3.69. The van der Waals surface area contributed by atoms with Gasteiger partial charge in [0.1, 0.15) is 23.2 Å². The second kappa shape index (κ2) is 4.57. The van der Waals surface area contributed by atoms with Crippen molar-refractivity contribution < 1.29 is 13.9 Å². The molecule has 3 rings (SSSR count). The van der Waals surface area contributed by atoms with Crippen molar-refractivity contribution in [2.75, 3.05) is 0 Å². The Morgan fingerprint density at radius 2 is 2.25 bits per heavy atom. The zero-order chi connectivity index (χ0) is 14.3. The van der Waals surface area contributed by atoms with Crippen LogP contribution in [0, 0.1) is 17.2 Å². The summed E-state index contributed by atoms with van der Waals surface area (Å²) in [6, 6.07) is 5.51. The van der Waals surface area contributed by atoms with Crippen molar-refractivity contribution in [1.29, 1.82) is 5.26 Å². The second-order valence-electron chi connectivity index (χ2n) is 5.21. The first-order valence-corrected chi connectivity index (χ1v) is 6.49. The predicted molar refractivity (Wildman–Crippen MR) is 69.8 cm³/mol. The number of furan rings is 1. The molecule has 0 bridgehead atoms. The van der Waals surface area contributed by atoms with E-state index in [-0.39, 0.29) is 23.2 Å². The number of allylic oxidation sites excluding steroid dienone is 3.